The van der Waals surface area contributed by atoms with Gasteiger partial charge in [-0.1, -0.05) is 91.3 Å². The van der Waals surface area contributed by atoms with Crippen LogP contribution in [0, 0.1) is 0 Å². The number of benzene rings is 4. The number of para-hydroxylation sites is 2. The zero-order valence-electron chi connectivity index (χ0n) is 26.3. The normalized spacial score (nSPS) is 12.5. The van der Waals surface area contributed by atoms with Crippen LogP contribution in [0.4, 0.5) is 5.69 Å². The first-order valence-electron chi connectivity index (χ1n) is 15.3. The fourth-order valence-corrected chi connectivity index (χ4v) is 6.53. The number of rotatable bonds is 15. The van der Waals surface area contributed by atoms with E-state index >= 15 is 0 Å². The second kappa shape index (κ2) is 16.3. The average molecular weight is 662 g/mol. The van der Waals surface area contributed by atoms with E-state index in [0.29, 0.717) is 23.8 Å². The molecule has 0 aliphatic heterocycles. The number of amides is 2. The third-order valence-electron chi connectivity index (χ3n) is 7.58. The summed E-state index contributed by atoms with van der Waals surface area (Å²) in [5, 5.41) is 3.57. The number of hydrogen-bond acceptors (Lipinski definition) is 5. The number of ether oxygens (including phenoxy) is 1. The predicted octanol–water partition coefficient (Wildman–Crippen LogP) is 6.49. The molecule has 4 rings (SSSR count). The number of hydrogen-bond donors (Lipinski definition) is 1. The molecule has 10 heteroatoms. The number of halogens is 1. The highest BCUT2D eigenvalue weighted by Crippen LogP contribution is 2.33. The maximum atomic E-state index is 14.6. The van der Waals surface area contributed by atoms with Crippen molar-refractivity contribution in [2.45, 2.75) is 57.1 Å². The molecule has 2 unspecified atom stereocenters. The Labute approximate surface area is 277 Å². The lowest BCUT2D eigenvalue weighted by molar-refractivity contribution is -0.140. The van der Waals surface area contributed by atoms with Crippen molar-refractivity contribution < 1.29 is 22.7 Å². The van der Waals surface area contributed by atoms with Gasteiger partial charge in [0.15, 0.2) is 0 Å². The van der Waals surface area contributed by atoms with Crippen LogP contribution in [0.25, 0.3) is 0 Å². The van der Waals surface area contributed by atoms with E-state index in [1.54, 1.807) is 73.7 Å². The fourth-order valence-electron chi connectivity index (χ4n) is 4.96. The Bertz CT molecular complexity index is 1690. The molecule has 0 saturated carbocycles. The molecule has 0 radical (unpaired) electrons. The van der Waals surface area contributed by atoms with E-state index in [2.05, 4.69) is 5.32 Å². The van der Waals surface area contributed by atoms with E-state index in [9.17, 15) is 18.0 Å². The Kier molecular flexibility index (Phi) is 12.2. The molecule has 0 bridgehead atoms. The SMILES string of the molecule is CCOc1ccccc1N(CC(=O)N(Cc1ccc(Cl)cc1)C(Cc1ccccc1)C(=O)NC(C)CC)S(=O)(=O)c1ccccc1. The molecule has 46 heavy (non-hydrogen) atoms. The van der Waals surface area contributed by atoms with Gasteiger partial charge in [0.25, 0.3) is 10.0 Å². The van der Waals surface area contributed by atoms with Crippen LogP contribution in [0.3, 0.4) is 0 Å². The van der Waals surface area contributed by atoms with Crippen LogP contribution in [0.2, 0.25) is 5.02 Å². The van der Waals surface area contributed by atoms with Crippen molar-refractivity contribution >= 4 is 39.1 Å². The number of carbonyl (C=O) groups is 2. The van der Waals surface area contributed by atoms with Gasteiger partial charge >= 0.3 is 0 Å². The topological polar surface area (TPSA) is 96.0 Å². The summed E-state index contributed by atoms with van der Waals surface area (Å²) in [6.45, 7) is 5.44. The highest BCUT2D eigenvalue weighted by Gasteiger charge is 2.35. The molecule has 0 heterocycles. The molecule has 4 aromatic rings. The molecule has 4 aromatic carbocycles. The molecular formula is C36H40ClN3O5S. The Morgan fingerprint density at radius 2 is 1.43 bits per heavy atom. The van der Waals surface area contributed by atoms with Gasteiger partial charge in [-0.15, -0.1) is 0 Å². The van der Waals surface area contributed by atoms with Crippen molar-refractivity contribution in [1.29, 1.82) is 0 Å². The summed E-state index contributed by atoms with van der Waals surface area (Å²) in [7, 11) is -4.24. The molecular weight excluding hydrogens is 622 g/mol. The van der Waals surface area contributed by atoms with Gasteiger partial charge in [-0.25, -0.2) is 8.42 Å². The van der Waals surface area contributed by atoms with E-state index in [-0.39, 0.29) is 35.5 Å². The van der Waals surface area contributed by atoms with E-state index in [1.807, 2.05) is 44.2 Å². The van der Waals surface area contributed by atoms with E-state index in [4.69, 9.17) is 16.3 Å². The van der Waals surface area contributed by atoms with Gasteiger partial charge in [-0.2, -0.15) is 0 Å². The van der Waals surface area contributed by atoms with E-state index in [1.165, 1.54) is 17.0 Å². The second-order valence-corrected chi connectivity index (χ2v) is 13.2. The third-order valence-corrected chi connectivity index (χ3v) is 9.61. The summed E-state index contributed by atoms with van der Waals surface area (Å²) >= 11 is 6.16. The molecule has 0 saturated heterocycles. The van der Waals surface area contributed by atoms with Crippen molar-refractivity contribution in [2.24, 2.45) is 0 Å². The Morgan fingerprint density at radius 1 is 0.826 bits per heavy atom. The van der Waals surface area contributed by atoms with Crippen LogP contribution >= 0.6 is 11.6 Å². The molecule has 0 aliphatic carbocycles. The van der Waals surface area contributed by atoms with Gasteiger partial charge in [0.2, 0.25) is 11.8 Å². The van der Waals surface area contributed by atoms with Crippen LogP contribution in [-0.2, 0) is 32.6 Å². The molecule has 0 fully saturated rings. The smallest absolute Gasteiger partial charge is 0.264 e. The molecule has 0 spiro atoms. The van der Waals surface area contributed by atoms with Gasteiger partial charge in [0.05, 0.1) is 17.2 Å². The van der Waals surface area contributed by atoms with Crippen LogP contribution < -0.4 is 14.4 Å². The first-order valence-corrected chi connectivity index (χ1v) is 17.1. The van der Waals surface area contributed by atoms with Crippen molar-refractivity contribution in [2.75, 3.05) is 17.5 Å². The van der Waals surface area contributed by atoms with Crippen molar-refractivity contribution in [3.05, 3.63) is 125 Å². The maximum Gasteiger partial charge on any atom is 0.264 e. The summed E-state index contributed by atoms with van der Waals surface area (Å²) < 4.78 is 35.3. The monoisotopic (exact) mass is 661 g/mol. The summed E-state index contributed by atoms with van der Waals surface area (Å²) in [6, 6.07) is 30.0. The minimum atomic E-state index is -4.24. The molecule has 0 aromatic heterocycles. The van der Waals surface area contributed by atoms with Gasteiger partial charge in [0.1, 0.15) is 18.3 Å². The van der Waals surface area contributed by atoms with Crippen LogP contribution in [0.1, 0.15) is 38.3 Å². The fraction of sp³-hybridized carbons (Fsp3) is 0.278. The van der Waals surface area contributed by atoms with Crippen molar-refractivity contribution in [3.8, 4) is 5.75 Å². The van der Waals surface area contributed by atoms with Crippen molar-refractivity contribution in [3.63, 3.8) is 0 Å². The predicted molar refractivity (Wildman–Crippen MR) is 182 cm³/mol. The summed E-state index contributed by atoms with van der Waals surface area (Å²) in [5.74, 6) is -0.564. The Morgan fingerprint density at radius 3 is 2.07 bits per heavy atom. The van der Waals surface area contributed by atoms with Gasteiger partial charge in [-0.05, 0) is 67.8 Å². The summed E-state index contributed by atoms with van der Waals surface area (Å²) in [5.41, 5.74) is 1.81. The number of nitrogens with zero attached hydrogens (tertiary/aromatic N) is 2. The average Bonchev–Trinajstić information content (AvgIpc) is 3.07. The van der Waals surface area contributed by atoms with E-state index in [0.717, 1.165) is 15.4 Å². The number of carbonyl (C=O) groups excluding carboxylic acids is 2. The second-order valence-electron chi connectivity index (χ2n) is 10.9. The van der Waals surface area contributed by atoms with Crippen LogP contribution in [0.15, 0.2) is 114 Å². The quantitative estimate of drug-likeness (QED) is 0.157. The first-order chi connectivity index (χ1) is 22.1. The van der Waals surface area contributed by atoms with Crippen LogP contribution in [-0.4, -0.2) is 50.4 Å². The third kappa shape index (κ3) is 8.89. The van der Waals surface area contributed by atoms with E-state index < -0.39 is 28.5 Å². The molecule has 242 valence electrons. The molecule has 1 N–H and O–H groups in total. The molecule has 2 atom stereocenters. The highest BCUT2D eigenvalue weighted by molar-refractivity contribution is 7.92. The summed E-state index contributed by atoms with van der Waals surface area (Å²) in [4.78, 5) is 30.0. The zero-order valence-corrected chi connectivity index (χ0v) is 27.9. The highest BCUT2D eigenvalue weighted by atomic mass is 35.5. The molecule has 8 nitrogen and oxygen atoms in total. The maximum absolute atomic E-state index is 14.6. The van der Waals surface area contributed by atoms with Gasteiger partial charge in [-0.3, -0.25) is 13.9 Å². The zero-order chi connectivity index (χ0) is 33.1. The van der Waals surface area contributed by atoms with Crippen molar-refractivity contribution in [1.82, 2.24) is 10.2 Å². The molecule has 2 amide bonds. The largest absolute Gasteiger partial charge is 0.492 e. The lowest BCUT2D eigenvalue weighted by atomic mass is 10.0. The minimum Gasteiger partial charge on any atom is -0.492 e. The number of sulfonamides is 1. The first kappa shape index (κ1) is 34.5. The van der Waals surface area contributed by atoms with Gasteiger partial charge < -0.3 is 15.0 Å². The Balaban J connectivity index is 1.83. The lowest BCUT2D eigenvalue weighted by Crippen LogP contribution is -2.54. The minimum absolute atomic E-state index is 0.0219. The molecule has 0 aliphatic rings. The lowest BCUT2D eigenvalue weighted by Gasteiger charge is -2.34. The standard InChI is InChI=1S/C36H40ClN3O5S/c1-4-27(3)38-36(42)33(24-28-14-8-6-9-15-28)39(25-29-20-22-30(37)23-21-29)35(41)26-40(32-18-12-13-19-34(32)45-5-2)46(43,44)31-16-10-7-11-17-31/h6-23,27,33H,4-5,24-26H2,1-3H3,(H,38,42). The number of nitrogens with one attached hydrogen (secondary N) is 1. The number of anilines is 1. The van der Waals surface area contributed by atoms with Gasteiger partial charge in [0, 0.05) is 24.0 Å². The summed E-state index contributed by atoms with van der Waals surface area (Å²) in [6.07, 6.45) is 0.926. The van der Waals surface area contributed by atoms with Crippen LogP contribution in [0.5, 0.6) is 5.75 Å². The Hall–Kier alpha value is -4.34.